The minimum absolute atomic E-state index is 0.631. The molecule has 0 aromatic heterocycles. The summed E-state index contributed by atoms with van der Waals surface area (Å²) in [6.07, 6.45) is -5.54. The molecule has 0 aliphatic rings. The first kappa shape index (κ1) is 14.9. The average Bonchev–Trinajstić information content (AvgIpc) is 2.20. The van der Waals surface area contributed by atoms with Crippen LogP contribution in [-0.4, -0.2) is 6.18 Å². The monoisotopic (exact) mass is 240 g/mol. The number of aryl methyl sites for hydroxylation is 1. The van der Waals surface area contributed by atoms with Crippen LogP contribution in [0.2, 0.25) is 0 Å². The Morgan fingerprint density at radius 3 is 1.50 bits per heavy atom. The second kappa shape index (κ2) is 5.27. The summed E-state index contributed by atoms with van der Waals surface area (Å²) < 4.78 is 60.9. The van der Waals surface area contributed by atoms with Crippen LogP contribution >= 0.6 is 0 Å². The summed E-state index contributed by atoms with van der Waals surface area (Å²) in [5.41, 5.74) is -0.401. The first-order valence-electron chi connectivity index (χ1n) is 4.77. The van der Waals surface area contributed by atoms with Crippen LogP contribution < -0.4 is 0 Å². The van der Waals surface area contributed by atoms with E-state index in [0.717, 1.165) is 12.1 Å². The SMILES string of the molecule is CC.Cc1ccc(C(F)(F)C(F)(F)F)cc1. The fourth-order valence-corrected chi connectivity index (χ4v) is 0.927. The van der Waals surface area contributed by atoms with E-state index in [4.69, 9.17) is 0 Å². The van der Waals surface area contributed by atoms with E-state index in [9.17, 15) is 22.0 Å². The van der Waals surface area contributed by atoms with Crippen molar-refractivity contribution in [2.75, 3.05) is 0 Å². The summed E-state index contributed by atoms with van der Waals surface area (Å²) in [7, 11) is 0. The standard InChI is InChI=1S/C9H7F5.C2H6/c1-6-2-4-7(5-3-6)8(10,11)9(12,13)14;1-2/h2-5H,1H3;1-2H3. The highest BCUT2D eigenvalue weighted by atomic mass is 19.4. The van der Waals surface area contributed by atoms with Gasteiger partial charge in [0.2, 0.25) is 0 Å². The van der Waals surface area contributed by atoms with Gasteiger partial charge in [-0.15, -0.1) is 0 Å². The van der Waals surface area contributed by atoms with Gasteiger partial charge in [0.1, 0.15) is 0 Å². The van der Waals surface area contributed by atoms with E-state index in [0.29, 0.717) is 5.56 Å². The zero-order valence-corrected chi connectivity index (χ0v) is 9.20. The van der Waals surface area contributed by atoms with Gasteiger partial charge in [0.25, 0.3) is 0 Å². The predicted molar refractivity (Wildman–Crippen MR) is 52.5 cm³/mol. The third-order valence-corrected chi connectivity index (χ3v) is 1.77. The molecule has 0 radical (unpaired) electrons. The van der Waals surface area contributed by atoms with Gasteiger partial charge in [0.15, 0.2) is 0 Å². The quantitative estimate of drug-likeness (QED) is 0.625. The van der Waals surface area contributed by atoms with Crippen LogP contribution in [0.25, 0.3) is 0 Å². The van der Waals surface area contributed by atoms with Gasteiger partial charge >= 0.3 is 12.1 Å². The maximum atomic E-state index is 12.7. The topological polar surface area (TPSA) is 0 Å². The second-order valence-corrected chi connectivity index (χ2v) is 2.94. The molecule has 0 aliphatic heterocycles. The van der Waals surface area contributed by atoms with Gasteiger partial charge in [-0.2, -0.15) is 22.0 Å². The molecule has 0 spiro atoms. The van der Waals surface area contributed by atoms with Crippen molar-refractivity contribution >= 4 is 0 Å². The Hall–Kier alpha value is -1.13. The Morgan fingerprint density at radius 1 is 0.812 bits per heavy atom. The molecule has 0 atom stereocenters. The lowest BCUT2D eigenvalue weighted by molar-refractivity contribution is -0.289. The minimum Gasteiger partial charge on any atom is -0.191 e. The smallest absolute Gasteiger partial charge is 0.191 e. The lowest BCUT2D eigenvalue weighted by Crippen LogP contribution is -2.33. The average molecular weight is 240 g/mol. The van der Waals surface area contributed by atoms with Crippen molar-refractivity contribution < 1.29 is 22.0 Å². The Morgan fingerprint density at radius 2 is 1.19 bits per heavy atom. The molecule has 16 heavy (non-hydrogen) atoms. The maximum Gasteiger partial charge on any atom is 0.458 e. The van der Waals surface area contributed by atoms with Gasteiger partial charge < -0.3 is 0 Å². The van der Waals surface area contributed by atoms with Crippen LogP contribution in [0, 0.1) is 6.92 Å². The van der Waals surface area contributed by atoms with Crippen LogP contribution in [0.15, 0.2) is 24.3 Å². The number of hydrogen-bond donors (Lipinski definition) is 0. The van der Waals surface area contributed by atoms with Gasteiger partial charge in [0.05, 0.1) is 0 Å². The van der Waals surface area contributed by atoms with Crippen LogP contribution in [0.4, 0.5) is 22.0 Å². The summed E-state index contributed by atoms with van der Waals surface area (Å²) in [5.74, 6) is -4.78. The van der Waals surface area contributed by atoms with Gasteiger partial charge in [-0.25, -0.2) is 0 Å². The third-order valence-electron chi connectivity index (χ3n) is 1.77. The minimum atomic E-state index is -5.54. The van der Waals surface area contributed by atoms with E-state index in [2.05, 4.69) is 0 Å². The molecule has 0 amide bonds. The lowest BCUT2D eigenvalue weighted by Gasteiger charge is -2.19. The first-order chi connectivity index (χ1) is 7.25. The van der Waals surface area contributed by atoms with E-state index in [1.165, 1.54) is 12.1 Å². The molecule has 0 bridgehead atoms. The van der Waals surface area contributed by atoms with Crippen LogP contribution in [0.5, 0.6) is 0 Å². The molecule has 1 rings (SSSR count). The van der Waals surface area contributed by atoms with Crippen molar-refractivity contribution in [1.29, 1.82) is 0 Å². The molecular formula is C11H13F5. The Labute approximate surface area is 91.1 Å². The first-order valence-corrected chi connectivity index (χ1v) is 4.77. The number of hydrogen-bond acceptors (Lipinski definition) is 0. The predicted octanol–water partition coefficient (Wildman–Crippen LogP) is 4.68. The summed E-state index contributed by atoms with van der Waals surface area (Å²) in [4.78, 5) is 0. The highest BCUT2D eigenvalue weighted by Crippen LogP contribution is 2.43. The molecule has 0 fully saturated rings. The highest BCUT2D eigenvalue weighted by molar-refractivity contribution is 5.25. The highest BCUT2D eigenvalue weighted by Gasteiger charge is 2.58. The molecule has 1 aromatic rings. The van der Waals surface area contributed by atoms with Gasteiger partial charge in [-0.1, -0.05) is 43.7 Å². The van der Waals surface area contributed by atoms with Crippen molar-refractivity contribution in [3.05, 3.63) is 35.4 Å². The maximum absolute atomic E-state index is 12.7. The normalized spacial score (nSPS) is 11.8. The largest absolute Gasteiger partial charge is 0.458 e. The Bertz CT molecular complexity index is 310. The van der Waals surface area contributed by atoms with Gasteiger partial charge in [-0.3, -0.25) is 0 Å². The zero-order chi connectivity index (χ0) is 13.0. The Kier molecular flexibility index (Phi) is 4.90. The fraction of sp³-hybridized carbons (Fsp3) is 0.455. The molecule has 5 heteroatoms. The molecule has 0 saturated heterocycles. The van der Waals surface area contributed by atoms with Crippen molar-refractivity contribution in [2.24, 2.45) is 0 Å². The van der Waals surface area contributed by atoms with Crippen LogP contribution in [0.3, 0.4) is 0 Å². The van der Waals surface area contributed by atoms with E-state index in [1.807, 2.05) is 13.8 Å². The molecule has 0 N–H and O–H groups in total. The number of halogens is 5. The van der Waals surface area contributed by atoms with Crippen LogP contribution in [0.1, 0.15) is 25.0 Å². The molecule has 0 aliphatic carbocycles. The molecule has 1 aromatic carbocycles. The Balaban J connectivity index is 0.00000106. The third kappa shape index (κ3) is 3.18. The summed E-state index contributed by atoms with van der Waals surface area (Å²) in [6, 6.07) is 4.00. The molecule has 0 unspecified atom stereocenters. The molecule has 92 valence electrons. The molecule has 0 heterocycles. The van der Waals surface area contributed by atoms with Crippen LogP contribution in [-0.2, 0) is 5.92 Å². The van der Waals surface area contributed by atoms with E-state index < -0.39 is 17.7 Å². The lowest BCUT2D eigenvalue weighted by atomic mass is 10.1. The van der Waals surface area contributed by atoms with E-state index in [-0.39, 0.29) is 0 Å². The second-order valence-electron chi connectivity index (χ2n) is 2.94. The number of alkyl halides is 5. The van der Waals surface area contributed by atoms with E-state index in [1.54, 1.807) is 6.92 Å². The summed E-state index contributed by atoms with van der Waals surface area (Å²) >= 11 is 0. The van der Waals surface area contributed by atoms with E-state index >= 15 is 0 Å². The molecule has 0 saturated carbocycles. The number of benzene rings is 1. The van der Waals surface area contributed by atoms with Crippen molar-refractivity contribution in [1.82, 2.24) is 0 Å². The molecular weight excluding hydrogens is 227 g/mol. The molecule has 0 nitrogen and oxygen atoms in total. The zero-order valence-electron chi connectivity index (χ0n) is 9.20. The summed E-state index contributed by atoms with van der Waals surface area (Å²) in [6.45, 7) is 5.61. The van der Waals surface area contributed by atoms with Crippen molar-refractivity contribution in [3.63, 3.8) is 0 Å². The van der Waals surface area contributed by atoms with Gasteiger partial charge in [0, 0.05) is 5.56 Å². The van der Waals surface area contributed by atoms with Crippen molar-refractivity contribution in [3.8, 4) is 0 Å². The fourth-order valence-electron chi connectivity index (χ4n) is 0.927. The number of rotatable bonds is 1. The van der Waals surface area contributed by atoms with Gasteiger partial charge in [-0.05, 0) is 6.92 Å². The summed E-state index contributed by atoms with van der Waals surface area (Å²) in [5, 5.41) is 0. The van der Waals surface area contributed by atoms with Crippen molar-refractivity contribution in [2.45, 2.75) is 32.9 Å².